The summed E-state index contributed by atoms with van der Waals surface area (Å²) in [5.74, 6) is -0.349. The first-order valence-corrected chi connectivity index (χ1v) is 7.90. The first kappa shape index (κ1) is 16.0. The van der Waals surface area contributed by atoms with Crippen molar-refractivity contribution in [2.24, 2.45) is 10.7 Å². The largest absolute Gasteiger partial charge is 0.378 e. The minimum atomic E-state index is -0.422. The van der Waals surface area contributed by atoms with Crippen LogP contribution in [-0.2, 0) is 4.79 Å². The second-order valence-corrected chi connectivity index (χ2v) is 6.37. The highest BCUT2D eigenvalue weighted by atomic mass is 32.2. The third kappa shape index (κ3) is 2.83. The summed E-state index contributed by atoms with van der Waals surface area (Å²) in [6.07, 6.45) is 1.74. The third-order valence-electron chi connectivity index (χ3n) is 3.69. The number of rotatable bonds is 3. The molecule has 7 nitrogen and oxygen atoms in total. The molecule has 8 heteroatoms. The summed E-state index contributed by atoms with van der Waals surface area (Å²) in [5.41, 5.74) is 8.92. The lowest BCUT2D eigenvalue weighted by Crippen LogP contribution is -2.01. The van der Waals surface area contributed by atoms with Crippen molar-refractivity contribution in [1.29, 1.82) is 0 Å². The number of nitrogens with two attached hydrogens (primary N) is 1. The molecule has 0 unspecified atom stereocenters. The van der Waals surface area contributed by atoms with Gasteiger partial charge in [-0.25, -0.2) is 0 Å². The molecule has 0 radical (unpaired) electrons. The van der Waals surface area contributed by atoms with Gasteiger partial charge in [0.2, 0.25) is 0 Å². The van der Waals surface area contributed by atoms with Crippen LogP contribution >= 0.6 is 11.8 Å². The quantitative estimate of drug-likeness (QED) is 0.525. The predicted molar refractivity (Wildman–Crippen MR) is 94.1 cm³/mol. The number of nitro benzene ring substituents is 1. The summed E-state index contributed by atoms with van der Waals surface area (Å²) < 4.78 is 1.91. The fraction of sp³-hybridized carbons (Fsp3) is 0.125. The number of amidine groups is 1. The number of aromatic nitrogens is 1. The van der Waals surface area contributed by atoms with Gasteiger partial charge in [0.25, 0.3) is 11.6 Å². The molecule has 122 valence electrons. The minimum Gasteiger partial charge on any atom is -0.378 e. The Morgan fingerprint density at radius 1 is 1.33 bits per heavy atom. The summed E-state index contributed by atoms with van der Waals surface area (Å²) >= 11 is 1.14. The molecule has 2 heterocycles. The maximum Gasteiger partial charge on any atom is 0.286 e. The molecule has 24 heavy (non-hydrogen) atoms. The Morgan fingerprint density at radius 3 is 2.71 bits per heavy atom. The summed E-state index contributed by atoms with van der Waals surface area (Å²) in [4.78, 5) is 26.4. The van der Waals surface area contributed by atoms with Gasteiger partial charge in [-0.15, -0.1) is 0 Å². The van der Waals surface area contributed by atoms with Crippen LogP contribution in [0.25, 0.3) is 11.8 Å². The van der Waals surface area contributed by atoms with Crippen molar-refractivity contribution in [3.63, 3.8) is 0 Å². The van der Waals surface area contributed by atoms with Crippen molar-refractivity contribution >= 4 is 34.6 Å². The van der Waals surface area contributed by atoms with Crippen molar-refractivity contribution in [1.82, 2.24) is 4.57 Å². The van der Waals surface area contributed by atoms with Crippen LogP contribution in [-0.4, -0.2) is 20.6 Å². The zero-order valence-electron chi connectivity index (χ0n) is 13.0. The van der Waals surface area contributed by atoms with Crippen LogP contribution in [0.4, 0.5) is 5.69 Å². The predicted octanol–water partition coefficient (Wildman–Crippen LogP) is 2.93. The molecule has 0 saturated carbocycles. The van der Waals surface area contributed by atoms with E-state index < -0.39 is 4.92 Å². The van der Waals surface area contributed by atoms with E-state index in [1.807, 2.05) is 24.5 Å². The fourth-order valence-corrected chi connectivity index (χ4v) is 3.32. The Labute approximate surface area is 142 Å². The highest BCUT2D eigenvalue weighted by Gasteiger charge is 2.21. The monoisotopic (exact) mass is 342 g/mol. The van der Waals surface area contributed by atoms with Crippen LogP contribution < -0.4 is 5.73 Å². The van der Waals surface area contributed by atoms with E-state index in [2.05, 4.69) is 4.99 Å². The Kier molecular flexibility index (Phi) is 3.98. The zero-order chi connectivity index (χ0) is 17.4. The van der Waals surface area contributed by atoms with E-state index in [1.165, 1.54) is 12.1 Å². The van der Waals surface area contributed by atoms with Gasteiger partial charge in [0.15, 0.2) is 5.17 Å². The number of aliphatic imine (C=N–C) groups is 1. The molecule has 2 N–H and O–H groups in total. The molecule has 3 rings (SSSR count). The Hall–Kier alpha value is -2.87. The fourth-order valence-electron chi connectivity index (χ4n) is 2.64. The third-order valence-corrected chi connectivity index (χ3v) is 4.51. The van der Waals surface area contributed by atoms with Crippen molar-refractivity contribution < 1.29 is 9.72 Å². The molecule has 1 aliphatic rings. The molecule has 1 amide bonds. The van der Waals surface area contributed by atoms with Crippen molar-refractivity contribution in [2.75, 3.05) is 0 Å². The molecule has 0 aliphatic carbocycles. The van der Waals surface area contributed by atoms with Crippen LogP contribution in [0.2, 0.25) is 0 Å². The number of thioether (sulfide) groups is 1. The maximum atomic E-state index is 11.7. The van der Waals surface area contributed by atoms with E-state index in [1.54, 1.807) is 18.2 Å². The summed E-state index contributed by atoms with van der Waals surface area (Å²) in [6.45, 7) is 3.80. The van der Waals surface area contributed by atoms with E-state index in [9.17, 15) is 14.9 Å². The standard InChI is InChI=1S/C16H14N4O3S/c1-9-6-11(7-14-15(21)18-16(17)24-14)10(2)19(9)12-4-3-5-13(8-12)20(22)23/h3-8H,1-2H3,(H2,17,18,21). The SMILES string of the molecule is Cc1cc(C=C2SC(N)=NC2=O)c(C)n1-c1cccc([N+](=O)[O-])c1. The van der Waals surface area contributed by atoms with Crippen LogP contribution in [0.5, 0.6) is 0 Å². The number of nitro groups is 1. The highest BCUT2D eigenvalue weighted by molar-refractivity contribution is 8.18. The first-order chi connectivity index (χ1) is 11.4. The number of carbonyl (C=O) groups is 1. The second-order valence-electron chi connectivity index (χ2n) is 5.30. The summed E-state index contributed by atoms with van der Waals surface area (Å²) in [6, 6.07) is 8.35. The van der Waals surface area contributed by atoms with Gasteiger partial charge in [0, 0.05) is 23.5 Å². The van der Waals surface area contributed by atoms with Gasteiger partial charge >= 0.3 is 0 Å². The molecule has 0 atom stereocenters. The average molecular weight is 342 g/mol. The molecule has 0 bridgehead atoms. The van der Waals surface area contributed by atoms with Crippen molar-refractivity contribution in [3.05, 3.63) is 62.3 Å². The Bertz CT molecular complexity index is 927. The second kappa shape index (κ2) is 5.97. The van der Waals surface area contributed by atoms with Crippen LogP contribution in [0.15, 0.2) is 40.2 Å². The number of carbonyl (C=O) groups excluding carboxylic acids is 1. The van der Waals surface area contributed by atoms with Gasteiger partial charge in [-0.2, -0.15) is 4.99 Å². The molecule has 1 aromatic heterocycles. The van der Waals surface area contributed by atoms with E-state index in [4.69, 9.17) is 5.73 Å². The molecule has 0 saturated heterocycles. The molecule has 0 spiro atoms. The van der Waals surface area contributed by atoms with Gasteiger partial charge < -0.3 is 10.3 Å². The number of nitrogens with zero attached hydrogens (tertiary/aromatic N) is 3. The van der Waals surface area contributed by atoms with Gasteiger partial charge in [-0.3, -0.25) is 14.9 Å². The molecular formula is C16H14N4O3S. The number of aryl methyl sites for hydroxylation is 1. The lowest BCUT2D eigenvalue weighted by molar-refractivity contribution is -0.384. The maximum absolute atomic E-state index is 11.7. The number of hydrogen-bond donors (Lipinski definition) is 1. The summed E-state index contributed by atoms with van der Waals surface area (Å²) in [7, 11) is 0. The number of amides is 1. The normalized spacial score (nSPS) is 15.8. The smallest absolute Gasteiger partial charge is 0.286 e. The highest BCUT2D eigenvalue weighted by Crippen LogP contribution is 2.30. The van der Waals surface area contributed by atoms with Crippen LogP contribution in [0.1, 0.15) is 17.0 Å². The van der Waals surface area contributed by atoms with Crippen molar-refractivity contribution in [3.8, 4) is 5.69 Å². The topological polar surface area (TPSA) is 104 Å². The average Bonchev–Trinajstić information content (AvgIpc) is 2.98. The van der Waals surface area contributed by atoms with Gasteiger partial charge in [-0.1, -0.05) is 6.07 Å². The van der Waals surface area contributed by atoms with E-state index >= 15 is 0 Å². The number of hydrogen-bond acceptors (Lipinski definition) is 5. The van der Waals surface area contributed by atoms with E-state index in [0.29, 0.717) is 10.6 Å². The Morgan fingerprint density at radius 2 is 2.08 bits per heavy atom. The molecule has 1 aliphatic heterocycles. The first-order valence-electron chi connectivity index (χ1n) is 7.08. The molecular weight excluding hydrogens is 328 g/mol. The minimum absolute atomic E-state index is 0.0302. The van der Waals surface area contributed by atoms with Gasteiger partial charge in [-0.05, 0) is 49.4 Å². The van der Waals surface area contributed by atoms with E-state index in [-0.39, 0.29) is 16.8 Å². The van der Waals surface area contributed by atoms with Crippen LogP contribution in [0.3, 0.4) is 0 Å². The Balaban J connectivity index is 2.05. The lowest BCUT2D eigenvalue weighted by Gasteiger charge is -2.09. The lowest BCUT2D eigenvalue weighted by atomic mass is 10.2. The van der Waals surface area contributed by atoms with Gasteiger partial charge in [0.1, 0.15) is 0 Å². The number of benzene rings is 1. The van der Waals surface area contributed by atoms with Crippen LogP contribution in [0, 0.1) is 24.0 Å². The van der Waals surface area contributed by atoms with Crippen molar-refractivity contribution in [2.45, 2.75) is 13.8 Å². The van der Waals surface area contributed by atoms with Gasteiger partial charge in [0.05, 0.1) is 15.5 Å². The molecule has 2 aromatic rings. The molecule has 0 fully saturated rings. The zero-order valence-corrected chi connectivity index (χ0v) is 13.8. The number of non-ortho nitro benzene ring substituents is 1. The molecule has 1 aromatic carbocycles. The van der Waals surface area contributed by atoms with E-state index in [0.717, 1.165) is 28.7 Å². The summed E-state index contributed by atoms with van der Waals surface area (Å²) in [5, 5.41) is 11.2.